The third kappa shape index (κ3) is 3.63. The molecule has 1 amide bonds. The summed E-state index contributed by atoms with van der Waals surface area (Å²) in [5.74, 6) is 2.67. The van der Waals surface area contributed by atoms with Gasteiger partial charge in [-0.25, -0.2) is 4.98 Å². The molecule has 3 rings (SSSR count). The Morgan fingerprint density at radius 1 is 1.45 bits per heavy atom. The molecule has 2 fully saturated rings. The first-order chi connectivity index (χ1) is 10.1. The summed E-state index contributed by atoms with van der Waals surface area (Å²) in [5, 5.41) is 3.39. The molecule has 1 aromatic rings. The highest BCUT2D eigenvalue weighted by molar-refractivity contribution is 5.85. The first-order valence-corrected chi connectivity index (χ1v) is 8.12. The van der Waals surface area contributed by atoms with E-state index in [9.17, 15) is 4.79 Å². The van der Waals surface area contributed by atoms with Crippen molar-refractivity contribution in [1.29, 1.82) is 0 Å². The SMILES string of the molecule is CC1CCC(CC(=O)N2CCNCC2c2nccn2C)C1.Cl. The fraction of sp³-hybridized carbons (Fsp3) is 0.750. The van der Waals surface area contributed by atoms with Crippen molar-refractivity contribution in [2.75, 3.05) is 19.6 Å². The second kappa shape index (κ2) is 7.47. The topological polar surface area (TPSA) is 50.2 Å². The number of aromatic nitrogens is 2. The van der Waals surface area contributed by atoms with Crippen LogP contribution in [-0.4, -0.2) is 40.0 Å². The fourth-order valence-electron chi connectivity index (χ4n) is 3.81. The van der Waals surface area contributed by atoms with E-state index in [0.29, 0.717) is 18.2 Å². The maximum Gasteiger partial charge on any atom is 0.223 e. The van der Waals surface area contributed by atoms with Crippen LogP contribution >= 0.6 is 12.4 Å². The number of halogens is 1. The molecular weight excluding hydrogens is 300 g/mol. The lowest BCUT2D eigenvalue weighted by atomic mass is 10.0. The first-order valence-electron chi connectivity index (χ1n) is 8.12. The Kier molecular flexibility index (Phi) is 5.87. The van der Waals surface area contributed by atoms with E-state index in [2.05, 4.69) is 17.2 Å². The number of carbonyl (C=O) groups excluding carboxylic acids is 1. The third-order valence-corrected chi connectivity index (χ3v) is 4.99. The highest BCUT2D eigenvalue weighted by Crippen LogP contribution is 2.33. The zero-order valence-electron chi connectivity index (χ0n) is 13.5. The molecule has 124 valence electrons. The fourth-order valence-corrected chi connectivity index (χ4v) is 3.81. The number of hydrogen-bond donors (Lipinski definition) is 1. The molecule has 1 aliphatic heterocycles. The Hall–Kier alpha value is -1.07. The van der Waals surface area contributed by atoms with Crippen molar-refractivity contribution in [3.05, 3.63) is 18.2 Å². The molecule has 1 aromatic heterocycles. The second-order valence-corrected chi connectivity index (χ2v) is 6.69. The summed E-state index contributed by atoms with van der Waals surface area (Å²) in [6.45, 7) is 4.77. The summed E-state index contributed by atoms with van der Waals surface area (Å²) in [6, 6.07) is 0.0741. The van der Waals surface area contributed by atoms with Crippen LogP contribution in [0.3, 0.4) is 0 Å². The Balaban J connectivity index is 0.00000176. The van der Waals surface area contributed by atoms with E-state index < -0.39 is 0 Å². The van der Waals surface area contributed by atoms with Crippen molar-refractivity contribution >= 4 is 18.3 Å². The second-order valence-electron chi connectivity index (χ2n) is 6.69. The van der Waals surface area contributed by atoms with Crippen LogP contribution in [0.5, 0.6) is 0 Å². The molecule has 1 saturated carbocycles. The molecule has 0 bridgehead atoms. The monoisotopic (exact) mass is 326 g/mol. The zero-order valence-corrected chi connectivity index (χ0v) is 14.3. The van der Waals surface area contributed by atoms with Crippen molar-refractivity contribution < 1.29 is 4.79 Å². The van der Waals surface area contributed by atoms with Crippen LogP contribution in [0.15, 0.2) is 12.4 Å². The number of piperazine rings is 1. The number of nitrogens with one attached hydrogen (secondary N) is 1. The van der Waals surface area contributed by atoms with Gasteiger partial charge in [0.1, 0.15) is 11.9 Å². The summed E-state index contributed by atoms with van der Waals surface area (Å²) in [5.41, 5.74) is 0. The van der Waals surface area contributed by atoms with Crippen LogP contribution in [0.25, 0.3) is 0 Å². The molecule has 5 nitrogen and oxygen atoms in total. The highest BCUT2D eigenvalue weighted by atomic mass is 35.5. The average Bonchev–Trinajstić information content (AvgIpc) is 3.07. The summed E-state index contributed by atoms with van der Waals surface area (Å²) in [7, 11) is 2.00. The van der Waals surface area contributed by atoms with Crippen molar-refractivity contribution in [3.63, 3.8) is 0 Å². The Labute approximate surface area is 138 Å². The summed E-state index contributed by atoms with van der Waals surface area (Å²) < 4.78 is 2.02. The smallest absolute Gasteiger partial charge is 0.223 e. The predicted molar refractivity (Wildman–Crippen MR) is 88.9 cm³/mol. The van der Waals surface area contributed by atoms with Gasteiger partial charge in [0, 0.05) is 45.5 Å². The summed E-state index contributed by atoms with van der Waals surface area (Å²) in [4.78, 5) is 19.2. The van der Waals surface area contributed by atoms with Crippen molar-refractivity contribution in [1.82, 2.24) is 19.8 Å². The molecule has 0 spiro atoms. The average molecular weight is 327 g/mol. The molecule has 0 aromatic carbocycles. The lowest BCUT2D eigenvalue weighted by molar-refractivity contribution is -0.135. The lowest BCUT2D eigenvalue weighted by Gasteiger charge is -2.36. The van der Waals surface area contributed by atoms with Crippen molar-refractivity contribution in [3.8, 4) is 0 Å². The number of aryl methyl sites for hydroxylation is 1. The van der Waals surface area contributed by atoms with E-state index in [1.54, 1.807) is 0 Å². The van der Waals surface area contributed by atoms with Gasteiger partial charge >= 0.3 is 0 Å². The largest absolute Gasteiger partial charge is 0.336 e. The number of hydrogen-bond acceptors (Lipinski definition) is 3. The number of rotatable bonds is 3. The van der Waals surface area contributed by atoms with Crippen molar-refractivity contribution in [2.45, 2.75) is 38.6 Å². The molecule has 2 heterocycles. The van der Waals surface area contributed by atoms with Gasteiger partial charge in [-0.15, -0.1) is 12.4 Å². The van der Waals surface area contributed by atoms with Crippen LogP contribution in [0.1, 0.15) is 44.5 Å². The molecule has 6 heteroatoms. The van der Waals surface area contributed by atoms with Crippen LogP contribution in [0.2, 0.25) is 0 Å². The standard InChI is InChI=1S/C16H26N4O.ClH/c1-12-3-4-13(9-12)10-15(21)20-8-5-17-11-14(20)16-18-6-7-19(16)2;/h6-7,12-14,17H,3-5,8-11H2,1-2H3;1H. The maximum atomic E-state index is 12.7. The van der Waals surface area contributed by atoms with E-state index >= 15 is 0 Å². The minimum absolute atomic E-state index is 0. The minimum atomic E-state index is 0. The molecule has 1 saturated heterocycles. The molecule has 1 N–H and O–H groups in total. The van der Waals surface area contributed by atoms with E-state index in [0.717, 1.165) is 31.4 Å². The minimum Gasteiger partial charge on any atom is -0.336 e. The quantitative estimate of drug-likeness (QED) is 0.926. The van der Waals surface area contributed by atoms with E-state index in [1.165, 1.54) is 19.3 Å². The van der Waals surface area contributed by atoms with Gasteiger partial charge in [0.25, 0.3) is 0 Å². The number of carbonyl (C=O) groups is 1. The Bertz CT molecular complexity index is 504. The zero-order chi connectivity index (χ0) is 14.8. The van der Waals surface area contributed by atoms with Gasteiger partial charge < -0.3 is 14.8 Å². The highest BCUT2D eigenvalue weighted by Gasteiger charge is 2.32. The van der Waals surface area contributed by atoms with Gasteiger partial charge in [-0.2, -0.15) is 0 Å². The van der Waals surface area contributed by atoms with Crippen LogP contribution in [-0.2, 0) is 11.8 Å². The summed E-state index contributed by atoms with van der Waals surface area (Å²) >= 11 is 0. The summed E-state index contributed by atoms with van der Waals surface area (Å²) in [6.07, 6.45) is 8.18. The lowest BCUT2D eigenvalue weighted by Crippen LogP contribution is -2.49. The van der Waals surface area contributed by atoms with E-state index in [-0.39, 0.29) is 18.4 Å². The number of imidazole rings is 1. The van der Waals surface area contributed by atoms with Crippen LogP contribution < -0.4 is 5.32 Å². The van der Waals surface area contributed by atoms with Gasteiger partial charge in [0.2, 0.25) is 5.91 Å². The third-order valence-electron chi connectivity index (χ3n) is 4.99. The molecule has 3 unspecified atom stereocenters. The normalized spacial score (nSPS) is 28.5. The maximum absolute atomic E-state index is 12.7. The molecule has 0 radical (unpaired) electrons. The molecule has 3 atom stereocenters. The predicted octanol–water partition coefficient (Wildman–Crippen LogP) is 2.14. The molecule has 1 aliphatic carbocycles. The van der Waals surface area contributed by atoms with Crippen molar-refractivity contribution in [2.24, 2.45) is 18.9 Å². The van der Waals surface area contributed by atoms with Gasteiger partial charge in [0.15, 0.2) is 0 Å². The van der Waals surface area contributed by atoms with Crippen LogP contribution in [0, 0.1) is 11.8 Å². The molecular formula is C16H27ClN4O. The Morgan fingerprint density at radius 2 is 2.27 bits per heavy atom. The molecule has 22 heavy (non-hydrogen) atoms. The molecule has 2 aliphatic rings. The number of amides is 1. The van der Waals surface area contributed by atoms with Gasteiger partial charge in [0.05, 0.1) is 0 Å². The van der Waals surface area contributed by atoms with Crippen LogP contribution in [0.4, 0.5) is 0 Å². The van der Waals surface area contributed by atoms with E-state index in [1.807, 2.05) is 28.9 Å². The Morgan fingerprint density at radius 3 is 2.91 bits per heavy atom. The van der Waals surface area contributed by atoms with Gasteiger partial charge in [-0.05, 0) is 24.7 Å². The number of nitrogens with zero attached hydrogens (tertiary/aromatic N) is 3. The van der Waals surface area contributed by atoms with Gasteiger partial charge in [-0.3, -0.25) is 4.79 Å². The van der Waals surface area contributed by atoms with Gasteiger partial charge in [-0.1, -0.05) is 13.3 Å². The van der Waals surface area contributed by atoms with E-state index in [4.69, 9.17) is 0 Å². The first kappa shape index (κ1) is 17.3.